The van der Waals surface area contributed by atoms with Crippen LogP contribution in [0.4, 0.5) is 19.2 Å². The van der Waals surface area contributed by atoms with Gasteiger partial charge in [0.05, 0.1) is 5.56 Å². The fraction of sp³-hybridized carbons (Fsp3) is 0.421. The molecule has 2 saturated heterocycles. The zero-order valence-electron chi connectivity index (χ0n) is 16.0. The molecular weight excluding hydrogens is 437 g/mol. The number of hydrogen-bond acceptors (Lipinski definition) is 8. The molecule has 2 N–H and O–H groups in total. The number of aromatic nitrogens is 2. The van der Waals surface area contributed by atoms with Gasteiger partial charge in [-0.3, -0.25) is 0 Å². The van der Waals surface area contributed by atoms with Crippen molar-refractivity contribution in [1.29, 1.82) is 0 Å². The summed E-state index contributed by atoms with van der Waals surface area (Å²) in [7, 11) is 0. The number of carboxylic acid groups (broad SMARTS) is 1. The molecule has 2 aliphatic heterocycles. The molecule has 2 aromatic heterocycles. The van der Waals surface area contributed by atoms with Gasteiger partial charge in [0.15, 0.2) is 16.8 Å². The van der Waals surface area contributed by atoms with Gasteiger partial charge in [0.25, 0.3) is 6.01 Å². The lowest BCUT2D eigenvalue weighted by Gasteiger charge is -2.41. The van der Waals surface area contributed by atoms with Gasteiger partial charge >= 0.3 is 12.3 Å². The zero-order valence-corrected chi connectivity index (χ0v) is 16.8. The second-order valence-corrected chi connectivity index (χ2v) is 8.46. The summed E-state index contributed by atoms with van der Waals surface area (Å²) in [4.78, 5) is 22.1. The van der Waals surface area contributed by atoms with Crippen molar-refractivity contribution in [3.63, 3.8) is 0 Å². The minimum Gasteiger partial charge on any atom is -0.478 e. The number of carboxylic acids is 1. The molecule has 31 heavy (non-hydrogen) atoms. The van der Waals surface area contributed by atoms with Crippen LogP contribution in [0.3, 0.4) is 0 Å². The maximum atomic E-state index is 13.1. The molecule has 3 aromatic rings. The number of benzene rings is 1. The molecule has 4 heterocycles. The highest BCUT2D eigenvalue weighted by atomic mass is 32.1. The van der Waals surface area contributed by atoms with E-state index in [2.05, 4.69) is 20.0 Å². The molecule has 0 aliphatic carbocycles. The van der Waals surface area contributed by atoms with Gasteiger partial charge in [0, 0.05) is 36.8 Å². The summed E-state index contributed by atoms with van der Waals surface area (Å²) < 4.78 is 49.3. The van der Waals surface area contributed by atoms with Crippen LogP contribution in [-0.4, -0.2) is 52.6 Å². The van der Waals surface area contributed by atoms with Crippen molar-refractivity contribution in [2.24, 2.45) is 0 Å². The Balaban J connectivity index is 1.69. The summed E-state index contributed by atoms with van der Waals surface area (Å²) in [5, 5.41) is 15.2. The van der Waals surface area contributed by atoms with Crippen molar-refractivity contribution in [3.05, 3.63) is 23.2 Å². The Kier molecular flexibility index (Phi) is 4.77. The van der Waals surface area contributed by atoms with E-state index in [-0.39, 0.29) is 34.8 Å². The lowest BCUT2D eigenvalue weighted by molar-refractivity contribution is -0.274. The molecule has 12 heteroatoms. The van der Waals surface area contributed by atoms with Crippen LogP contribution in [0.2, 0.25) is 0 Å². The number of oxazole rings is 1. The zero-order chi connectivity index (χ0) is 21.8. The highest BCUT2D eigenvalue weighted by molar-refractivity contribution is 7.13. The number of piperazine rings is 1. The summed E-state index contributed by atoms with van der Waals surface area (Å²) in [6.45, 7) is 1.19. The Hall–Kier alpha value is -2.86. The number of ether oxygens (including phenoxy) is 1. The standard InChI is InChI=1S/C19H17F3N4O4S/c20-19(21,22)30-15-12(17(27)28)6-11(16-23-4-5-31-16)14-13(15)25-18(29-14)26-7-9-2-1-3-10(8-26)24-9/h4-6,9-10,24H,1-3,7-8H2,(H,27,28). The van der Waals surface area contributed by atoms with E-state index in [1.165, 1.54) is 17.5 Å². The van der Waals surface area contributed by atoms with Crippen LogP contribution in [0, 0.1) is 0 Å². The third-order valence-corrected chi connectivity index (χ3v) is 6.25. The fourth-order valence-electron chi connectivity index (χ4n) is 4.24. The van der Waals surface area contributed by atoms with Crippen LogP contribution < -0.4 is 15.0 Å². The van der Waals surface area contributed by atoms with Crippen molar-refractivity contribution in [2.45, 2.75) is 37.7 Å². The molecule has 164 valence electrons. The first-order valence-electron chi connectivity index (χ1n) is 9.66. The Bertz CT molecular complexity index is 1120. The number of rotatable bonds is 4. The van der Waals surface area contributed by atoms with Crippen molar-refractivity contribution in [2.75, 3.05) is 18.0 Å². The van der Waals surface area contributed by atoms with Crippen molar-refractivity contribution in [3.8, 4) is 16.3 Å². The van der Waals surface area contributed by atoms with Gasteiger partial charge in [-0.2, -0.15) is 4.98 Å². The number of halogens is 3. The van der Waals surface area contributed by atoms with Gasteiger partial charge in [0.2, 0.25) is 0 Å². The molecule has 2 bridgehead atoms. The van der Waals surface area contributed by atoms with Gasteiger partial charge in [-0.15, -0.1) is 24.5 Å². The molecule has 2 aliphatic rings. The average Bonchev–Trinajstić information content (AvgIpc) is 3.37. The van der Waals surface area contributed by atoms with E-state index in [9.17, 15) is 23.1 Å². The Morgan fingerprint density at radius 3 is 2.68 bits per heavy atom. The summed E-state index contributed by atoms with van der Waals surface area (Å²) >= 11 is 1.21. The third kappa shape index (κ3) is 3.81. The first-order chi connectivity index (χ1) is 14.8. The van der Waals surface area contributed by atoms with Gasteiger partial charge < -0.3 is 24.5 Å². The van der Waals surface area contributed by atoms with Crippen LogP contribution in [0.15, 0.2) is 22.1 Å². The van der Waals surface area contributed by atoms with E-state index in [1.54, 1.807) is 5.38 Å². The number of nitrogens with one attached hydrogen (secondary N) is 1. The average molecular weight is 454 g/mol. The minimum absolute atomic E-state index is 0.0119. The first-order valence-corrected chi connectivity index (χ1v) is 10.5. The molecule has 0 spiro atoms. The van der Waals surface area contributed by atoms with E-state index in [0.717, 1.165) is 25.3 Å². The normalized spacial score (nSPS) is 21.5. The number of carbonyl (C=O) groups is 1. The maximum Gasteiger partial charge on any atom is 0.573 e. The molecule has 2 unspecified atom stereocenters. The molecule has 0 amide bonds. The second kappa shape index (κ2) is 7.38. The molecule has 2 fully saturated rings. The number of nitrogens with zero attached hydrogens (tertiary/aromatic N) is 3. The predicted molar refractivity (Wildman–Crippen MR) is 106 cm³/mol. The lowest BCUT2D eigenvalue weighted by atomic mass is 9.94. The quantitative estimate of drug-likeness (QED) is 0.613. The molecule has 5 rings (SSSR count). The number of aromatic carboxylic acids is 1. The van der Waals surface area contributed by atoms with Crippen molar-refractivity contribution < 1.29 is 32.2 Å². The van der Waals surface area contributed by atoms with Crippen LogP contribution in [0.1, 0.15) is 29.6 Å². The second-order valence-electron chi connectivity index (χ2n) is 7.56. The van der Waals surface area contributed by atoms with E-state index >= 15 is 0 Å². The van der Waals surface area contributed by atoms with Gasteiger partial charge in [-0.25, -0.2) is 9.78 Å². The molecule has 8 nitrogen and oxygen atoms in total. The van der Waals surface area contributed by atoms with Crippen molar-refractivity contribution in [1.82, 2.24) is 15.3 Å². The maximum absolute atomic E-state index is 13.1. The number of thiazole rings is 1. The summed E-state index contributed by atoms with van der Waals surface area (Å²) in [6, 6.07) is 1.70. The SMILES string of the molecule is O=C(O)c1cc(-c2nccs2)c2oc(N3CC4CCCC(C3)N4)nc2c1OC(F)(F)F. The van der Waals surface area contributed by atoms with E-state index in [0.29, 0.717) is 18.1 Å². The summed E-state index contributed by atoms with van der Waals surface area (Å²) in [5.41, 5.74) is -0.683. The smallest absolute Gasteiger partial charge is 0.478 e. The number of hydrogen-bond donors (Lipinski definition) is 2. The topological polar surface area (TPSA) is 101 Å². The van der Waals surface area contributed by atoms with E-state index < -0.39 is 23.6 Å². The highest BCUT2D eigenvalue weighted by Gasteiger charge is 2.37. The Morgan fingerprint density at radius 2 is 2.06 bits per heavy atom. The van der Waals surface area contributed by atoms with Crippen LogP contribution in [-0.2, 0) is 0 Å². The summed E-state index contributed by atoms with van der Waals surface area (Å²) in [6.07, 6.45) is -0.484. The molecule has 0 radical (unpaired) electrons. The first kappa shape index (κ1) is 20.1. The van der Waals surface area contributed by atoms with Crippen molar-refractivity contribution >= 4 is 34.4 Å². The van der Waals surface area contributed by atoms with E-state index in [1.807, 2.05) is 4.90 Å². The molecule has 1 aromatic carbocycles. The Labute approximate surface area is 177 Å². The third-order valence-electron chi connectivity index (χ3n) is 5.45. The molecule has 2 atom stereocenters. The number of anilines is 1. The van der Waals surface area contributed by atoms with Crippen LogP contribution in [0.25, 0.3) is 21.7 Å². The molecule has 0 saturated carbocycles. The van der Waals surface area contributed by atoms with E-state index in [4.69, 9.17) is 4.42 Å². The lowest BCUT2D eigenvalue weighted by Crippen LogP contribution is -2.58. The number of fused-ring (bicyclic) bond motifs is 3. The fourth-order valence-corrected chi connectivity index (χ4v) is 4.89. The van der Waals surface area contributed by atoms with Crippen LogP contribution in [0.5, 0.6) is 5.75 Å². The number of alkyl halides is 3. The largest absolute Gasteiger partial charge is 0.573 e. The monoisotopic (exact) mass is 454 g/mol. The highest BCUT2D eigenvalue weighted by Crippen LogP contribution is 2.42. The predicted octanol–water partition coefficient (Wildman–Crippen LogP) is 3.88. The van der Waals surface area contributed by atoms with Gasteiger partial charge in [-0.05, 0) is 18.9 Å². The van der Waals surface area contributed by atoms with Crippen LogP contribution >= 0.6 is 11.3 Å². The van der Waals surface area contributed by atoms with Gasteiger partial charge in [-0.1, -0.05) is 6.42 Å². The minimum atomic E-state index is -5.09. The van der Waals surface area contributed by atoms with Gasteiger partial charge in [0.1, 0.15) is 10.6 Å². The number of piperidine rings is 1. The molecular formula is C19H17F3N4O4S. The summed E-state index contributed by atoms with van der Waals surface area (Å²) in [5.74, 6) is -2.46. The Morgan fingerprint density at radius 1 is 1.32 bits per heavy atom.